The van der Waals surface area contributed by atoms with Gasteiger partial charge in [-0.1, -0.05) is 18.2 Å². The smallest absolute Gasteiger partial charge is 0.215 e. The molecule has 1 aromatic carbocycles. The average Bonchev–Trinajstić information content (AvgIpc) is 2.56. The summed E-state index contributed by atoms with van der Waals surface area (Å²) in [6.07, 6.45) is 3.81. The number of ether oxygens (including phenoxy) is 4. The van der Waals surface area contributed by atoms with E-state index in [2.05, 4.69) is 0 Å². The van der Waals surface area contributed by atoms with E-state index in [1.165, 1.54) is 0 Å². The van der Waals surface area contributed by atoms with Crippen LogP contribution in [0.15, 0.2) is 36.4 Å². The summed E-state index contributed by atoms with van der Waals surface area (Å²) in [6, 6.07) is 7.86. The van der Waals surface area contributed by atoms with Crippen molar-refractivity contribution in [1.29, 1.82) is 0 Å². The molecule has 0 amide bonds. The molecule has 4 rings (SSSR count). The highest BCUT2D eigenvalue weighted by Crippen LogP contribution is 2.46. The molecule has 22 heavy (non-hydrogen) atoms. The number of aliphatic hydroxyl groups is 1. The molecule has 1 aliphatic carbocycles. The van der Waals surface area contributed by atoms with Gasteiger partial charge in [0, 0.05) is 12.8 Å². The molecule has 1 unspecified atom stereocenters. The molecule has 3 aliphatic rings. The molecule has 2 aliphatic heterocycles. The zero-order valence-corrected chi connectivity index (χ0v) is 12.5. The minimum absolute atomic E-state index is 0.0433. The monoisotopic (exact) mass is 304 g/mol. The van der Waals surface area contributed by atoms with Crippen molar-refractivity contribution in [2.45, 2.75) is 43.0 Å². The molecule has 1 N–H and O–H groups in total. The van der Waals surface area contributed by atoms with Crippen LogP contribution in [0.4, 0.5) is 0 Å². The minimum Gasteiger partial charge on any atom is -0.497 e. The molecule has 0 saturated carbocycles. The van der Waals surface area contributed by atoms with E-state index in [4.69, 9.17) is 18.9 Å². The normalized spacial score (nSPS) is 40.1. The predicted molar refractivity (Wildman–Crippen MR) is 78.5 cm³/mol. The van der Waals surface area contributed by atoms with Crippen molar-refractivity contribution in [1.82, 2.24) is 0 Å². The minimum atomic E-state index is -0.828. The number of aliphatic hydroxyl groups excluding tert-OH is 1. The van der Waals surface area contributed by atoms with Crippen LogP contribution in [0.5, 0.6) is 5.75 Å². The highest BCUT2D eigenvalue weighted by Gasteiger charge is 2.54. The largest absolute Gasteiger partial charge is 0.497 e. The zero-order valence-electron chi connectivity index (χ0n) is 12.5. The Hall–Kier alpha value is -1.40. The number of fused-ring (bicyclic) bond motifs is 1. The third-order valence-electron chi connectivity index (χ3n) is 4.61. The Morgan fingerprint density at radius 3 is 2.86 bits per heavy atom. The lowest BCUT2D eigenvalue weighted by atomic mass is 9.89. The van der Waals surface area contributed by atoms with Crippen LogP contribution < -0.4 is 4.74 Å². The van der Waals surface area contributed by atoms with E-state index in [0.717, 1.165) is 17.7 Å². The maximum atomic E-state index is 9.87. The molecular weight excluding hydrogens is 284 g/mol. The third-order valence-corrected chi connectivity index (χ3v) is 4.61. The Labute approximate surface area is 129 Å². The second-order valence-corrected chi connectivity index (χ2v) is 6.00. The number of hydrogen-bond donors (Lipinski definition) is 1. The molecule has 0 aromatic heterocycles. The van der Waals surface area contributed by atoms with Gasteiger partial charge < -0.3 is 24.1 Å². The van der Waals surface area contributed by atoms with Gasteiger partial charge in [0.05, 0.1) is 25.9 Å². The summed E-state index contributed by atoms with van der Waals surface area (Å²) < 4.78 is 23.5. The summed E-state index contributed by atoms with van der Waals surface area (Å²) in [5, 5.41) is 9.87. The van der Waals surface area contributed by atoms with Gasteiger partial charge in [-0.3, -0.25) is 0 Å². The van der Waals surface area contributed by atoms with Crippen molar-refractivity contribution in [2.75, 3.05) is 13.7 Å². The Kier molecular flexibility index (Phi) is 3.46. The summed E-state index contributed by atoms with van der Waals surface area (Å²) in [4.78, 5) is 0. The first-order chi connectivity index (χ1) is 10.7. The highest BCUT2D eigenvalue weighted by atomic mass is 16.8. The lowest BCUT2D eigenvalue weighted by molar-refractivity contribution is -0.377. The SMILES string of the molecule is COc1ccc(C2O[C@H]3C[C@@H](O)C=C[C@]34OCC[C@H]2O4)cc1. The van der Waals surface area contributed by atoms with Crippen molar-refractivity contribution in [3.8, 4) is 5.75 Å². The third kappa shape index (κ3) is 2.25. The van der Waals surface area contributed by atoms with Crippen molar-refractivity contribution in [3.05, 3.63) is 42.0 Å². The van der Waals surface area contributed by atoms with E-state index in [1.54, 1.807) is 13.2 Å². The highest BCUT2D eigenvalue weighted by molar-refractivity contribution is 5.30. The van der Waals surface area contributed by atoms with Crippen molar-refractivity contribution in [3.63, 3.8) is 0 Å². The van der Waals surface area contributed by atoms with E-state index in [1.807, 2.05) is 30.3 Å². The quantitative estimate of drug-likeness (QED) is 0.847. The fraction of sp³-hybridized carbons (Fsp3) is 0.529. The van der Waals surface area contributed by atoms with Crippen LogP contribution in [-0.2, 0) is 14.2 Å². The Morgan fingerprint density at radius 2 is 2.09 bits per heavy atom. The standard InChI is InChI=1S/C17H20O5/c1-19-13-4-2-11(3-5-13)16-14-7-9-20-17(22-14)8-6-12(18)10-15(17)21-16/h2-6,8,12,14-16,18H,7,9-10H2,1H3/t12-,14+,15-,16?,17+/m0/s1. The van der Waals surface area contributed by atoms with Gasteiger partial charge in [-0.05, 0) is 23.8 Å². The van der Waals surface area contributed by atoms with E-state index >= 15 is 0 Å². The van der Waals surface area contributed by atoms with Crippen LogP contribution in [0.25, 0.3) is 0 Å². The van der Waals surface area contributed by atoms with Gasteiger partial charge in [-0.15, -0.1) is 0 Å². The van der Waals surface area contributed by atoms with Gasteiger partial charge in [0.2, 0.25) is 5.79 Å². The molecule has 2 heterocycles. The van der Waals surface area contributed by atoms with Gasteiger partial charge in [0.15, 0.2) is 0 Å². The van der Waals surface area contributed by atoms with Crippen LogP contribution in [-0.4, -0.2) is 42.9 Å². The van der Waals surface area contributed by atoms with Gasteiger partial charge in [-0.25, -0.2) is 0 Å². The molecule has 1 spiro atoms. The fourth-order valence-corrected chi connectivity index (χ4v) is 3.45. The molecule has 2 bridgehead atoms. The average molecular weight is 304 g/mol. The molecule has 0 radical (unpaired) electrons. The summed E-state index contributed by atoms with van der Waals surface area (Å²) >= 11 is 0. The summed E-state index contributed by atoms with van der Waals surface area (Å²) in [6.45, 7) is 0.637. The first-order valence-electron chi connectivity index (χ1n) is 7.69. The Bertz CT molecular complexity index is 569. The summed E-state index contributed by atoms with van der Waals surface area (Å²) in [5.41, 5.74) is 1.06. The van der Waals surface area contributed by atoms with Crippen molar-refractivity contribution < 1.29 is 24.1 Å². The Balaban J connectivity index is 1.63. The van der Waals surface area contributed by atoms with Crippen LogP contribution in [0.1, 0.15) is 24.5 Å². The molecule has 118 valence electrons. The second-order valence-electron chi connectivity index (χ2n) is 6.00. The van der Waals surface area contributed by atoms with E-state index in [9.17, 15) is 5.11 Å². The van der Waals surface area contributed by atoms with Crippen LogP contribution >= 0.6 is 0 Å². The topological polar surface area (TPSA) is 57.2 Å². The number of rotatable bonds is 2. The molecular formula is C17H20O5. The maximum Gasteiger partial charge on any atom is 0.215 e. The number of benzene rings is 1. The first kappa shape index (κ1) is 14.2. The number of methoxy groups -OCH3 is 1. The van der Waals surface area contributed by atoms with Crippen molar-refractivity contribution in [2.24, 2.45) is 0 Å². The molecule has 2 saturated heterocycles. The van der Waals surface area contributed by atoms with Crippen LogP contribution in [0.2, 0.25) is 0 Å². The molecule has 2 fully saturated rings. The van der Waals surface area contributed by atoms with E-state index < -0.39 is 11.9 Å². The van der Waals surface area contributed by atoms with Crippen molar-refractivity contribution >= 4 is 0 Å². The van der Waals surface area contributed by atoms with Crippen LogP contribution in [0, 0.1) is 0 Å². The first-order valence-corrected chi connectivity index (χ1v) is 7.69. The summed E-state index contributed by atoms with van der Waals surface area (Å²) in [5.74, 6) is -0.0108. The molecule has 5 heteroatoms. The van der Waals surface area contributed by atoms with Gasteiger partial charge in [0.25, 0.3) is 0 Å². The summed E-state index contributed by atoms with van der Waals surface area (Å²) in [7, 11) is 1.65. The van der Waals surface area contributed by atoms with E-state index in [-0.39, 0.29) is 18.3 Å². The second kappa shape index (κ2) is 5.35. The zero-order chi connectivity index (χ0) is 15.2. The maximum absolute atomic E-state index is 9.87. The van der Waals surface area contributed by atoms with Gasteiger partial charge in [0.1, 0.15) is 18.0 Å². The molecule has 1 aromatic rings. The lowest BCUT2D eigenvalue weighted by Crippen LogP contribution is -2.61. The molecule has 5 atom stereocenters. The van der Waals surface area contributed by atoms with Crippen LogP contribution in [0.3, 0.4) is 0 Å². The predicted octanol–water partition coefficient (Wildman–Crippen LogP) is 1.96. The van der Waals surface area contributed by atoms with Gasteiger partial charge in [-0.2, -0.15) is 0 Å². The van der Waals surface area contributed by atoms with Gasteiger partial charge >= 0.3 is 0 Å². The number of hydrogen-bond acceptors (Lipinski definition) is 5. The molecule has 5 nitrogen and oxygen atoms in total. The lowest BCUT2D eigenvalue weighted by Gasteiger charge is -2.52. The fourth-order valence-electron chi connectivity index (χ4n) is 3.45. The Morgan fingerprint density at radius 1 is 1.27 bits per heavy atom. The van der Waals surface area contributed by atoms with E-state index in [0.29, 0.717) is 13.0 Å².